The smallest absolute Gasteiger partial charge is 0.332 e. The highest BCUT2D eigenvalue weighted by Crippen LogP contribution is 2.09. The zero-order valence-corrected chi connectivity index (χ0v) is 6.91. The number of aliphatic carboxylic acids is 1. The van der Waals surface area contributed by atoms with Crippen molar-refractivity contribution in [3.63, 3.8) is 0 Å². The Hall–Kier alpha value is -1.22. The Morgan fingerprint density at radius 3 is 2.92 bits per heavy atom. The number of carbonyl (C=O) groups is 1. The Morgan fingerprint density at radius 2 is 2.50 bits per heavy atom. The summed E-state index contributed by atoms with van der Waals surface area (Å²) in [5.41, 5.74) is 1.16. The second kappa shape index (κ2) is 3.97. The lowest BCUT2D eigenvalue weighted by Crippen LogP contribution is -2.02. The first-order valence-electron chi connectivity index (χ1n) is 3.29. The van der Waals surface area contributed by atoms with E-state index in [4.69, 9.17) is 21.1 Å². The Labute approximate surface area is 74.3 Å². The van der Waals surface area contributed by atoms with Crippen LogP contribution in [0.3, 0.4) is 0 Å². The molecule has 0 saturated heterocycles. The minimum Gasteiger partial charge on any atom is -0.478 e. The fraction of sp³-hybridized carbons (Fsp3) is 0.125. The van der Waals surface area contributed by atoms with Gasteiger partial charge in [-0.05, 0) is 12.1 Å². The van der Waals surface area contributed by atoms with Crippen LogP contribution >= 0.6 is 11.6 Å². The summed E-state index contributed by atoms with van der Waals surface area (Å²) in [4.78, 5) is 10.5. The summed E-state index contributed by atoms with van der Waals surface area (Å²) < 4.78 is 4.95. The number of hydrogen-bond acceptors (Lipinski definition) is 2. The zero-order chi connectivity index (χ0) is 8.97. The Bertz CT molecular complexity index is 287. The highest BCUT2D eigenvalue weighted by Gasteiger charge is 2.08. The molecule has 0 aromatic carbocycles. The fourth-order valence-corrected chi connectivity index (χ4v) is 0.932. The van der Waals surface area contributed by atoms with Crippen LogP contribution in [0.15, 0.2) is 33.9 Å². The number of rotatable bonds is 3. The molecule has 3 nitrogen and oxygen atoms in total. The molecule has 0 saturated carbocycles. The molecular formula is C8H7ClO3. The molecule has 1 N–H and O–H groups in total. The zero-order valence-electron chi connectivity index (χ0n) is 6.16. The third kappa shape index (κ3) is 2.13. The Balaban J connectivity index is 2.68. The van der Waals surface area contributed by atoms with E-state index in [-0.39, 0.29) is 12.0 Å². The van der Waals surface area contributed by atoms with E-state index >= 15 is 0 Å². The van der Waals surface area contributed by atoms with Gasteiger partial charge in [-0.2, -0.15) is 0 Å². The summed E-state index contributed by atoms with van der Waals surface area (Å²) in [5.74, 6) is -0.439. The van der Waals surface area contributed by atoms with E-state index in [1.165, 1.54) is 6.26 Å². The first kappa shape index (κ1) is 8.87. The van der Waals surface area contributed by atoms with Gasteiger partial charge in [0.05, 0.1) is 11.8 Å². The number of carboxylic acids is 1. The van der Waals surface area contributed by atoms with E-state index in [1.807, 2.05) is 0 Å². The largest absolute Gasteiger partial charge is 0.478 e. The summed E-state index contributed by atoms with van der Waals surface area (Å²) >= 11 is 5.29. The number of furan rings is 1. The molecule has 12 heavy (non-hydrogen) atoms. The van der Waals surface area contributed by atoms with Gasteiger partial charge >= 0.3 is 5.97 Å². The second-order valence-electron chi connectivity index (χ2n) is 2.20. The van der Waals surface area contributed by atoms with Gasteiger partial charge < -0.3 is 9.52 Å². The van der Waals surface area contributed by atoms with Crippen LogP contribution in [0.1, 0.15) is 5.76 Å². The molecule has 1 heterocycles. The van der Waals surface area contributed by atoms with E-state index in [0.29, 0.717) is 5.76 Å². The molecule has 64 valence electrons. The molecule has 0 aliphatic heterocycles. The quantitative estimate of drug-likeness (QED) is 0.735. The SMILES string of the molecule is O=C(O)C(=CCl)Cc1ccco1. The monoisotopic (exact) mass is 186 g/mol. The van der Waals surface area contributed by atoms with Crippen molar-refractivity contribution < 1.29 is 14.3 Å². The van der Waals surface area contributed by atoms with Crippen molar-refractivity contribution >= 4 is 17.6 Å². The molecule has 0 aliphatic carbocycles. The maximum absolute atomic E-state index is 10.5. The molecular weight excluding hydrogens is 180 g/mol. The minimum atomic E-state index is -1.03. The maximum atomic E-state index is 10.5. The summed E-state index contributed by atoms with van der Waals surface area (Å²) in [7, 11) is 0. The van der Waals surface area contributed by atoms with Gasteiger partial charge in [0.2, 0.25) is 0 Å². The molecule has 0 atom stereocenters. The third-order valence-corrected chi connectivity index (χ3v) is 1.61. The number of halogens is 1. The van der Waals surface area contributed by atoms with E-state index in [2.05, 4.69) is 0 Å². The molecule has 0 radical (unpaired) electrons. The van der Waals surface area contributed by atoms with E-state index in [1.54, 1.807) is 12.1 Å². The van der Waals surface area contributed by atoms with Crippen molar-refractivity contribution in [2.75, 3.05) is 0 Å². The molecule has 0 aliphatic rings. The Morgan fingerprint density at radius 1 is 1.75 bits per heavy atom. The summed E-state index contributed by atoms with van der Waals surface area (Å²) in [6.45, 7) is 0. The van der Waals surface area contributed by atoms with Crippen molar-refractivity contribution in [1.82, 2.24) is 0 Å². The van der Waals surface area contributed by atoms with Crippen LogP contribution in [0, 0.1) is 0 Å². The lowest BCUT2D eigenvalue weighted by Gasteiger charge is -1.95. The molecule has 1 aromatic rings. The number of carboxylic acid groups (broad SMARTS) is 1. The van der Waals surface area contributed by atoms with E-state index < -0.39 is 5.97 Å². The molecule has 0 bridgehead atoms. The van der Waals surface area contributed by atoms with Crippen molar-refractivity contribution in [3.05, 3.63) is 35.3 Å². The lowest BCUT2D eigenvalue weighted by atomic mass is 10.2. The normalized spacial score (nSPS) is 11.6. The lowest BCUT2D eigenvalue weighted by molar-refractivity contribution is -0.132. The van der Waals surface area contributed by atoms with Crippen molar-refractivity contribution in [2.24, 2.45) is 0 Å². The molecule has 4 heteroatoms. The summed E-state index contributed by atoms with van der Waals surface area (Å²) in [5, 5.41) is 8.58. The van der Waals surface area contributed by atoms with Gasteiger partial charge in [-0.1, -0.05) is 11.6 Å². The third-order valence-electron chi connectivity index (χ3n) is 1.35. The first-order chi connectivity index (χ1) is 5.74. The number of hydrogen-bond donors (Lipinski definition) is 1. The molecule has 0 unspecified atom stereocenters. The molecule has 0 amide bonds. The van der Waals surface area contributed by atoms with E-state index in [0.717, 1.165) is 5.54 Å². The highest BCUT2D eigenvalue weighted by atomic mass is 35.5. The Kier molecular flexibility index (Phi) is 2.94. The topological polar surface area (TPSA) is 50.4 Å². The van der Waals surface area contributed by atoms with Crippen LogP contribution in [0.5, 0.6) is 0 Å². The maximum Gasteiger partial charge on any atom is 0.332 e. The average molecular weight is 187 g/mol. The predicted octanol–water partition coefficient (Wildman–Crippen LogP) is 2.03. The van der Waals surface area contributed by atoms with Gasteiger partial charge in [-0.3, -0.25) is 0 Å². The summed E-state index contributed by atoms with van der Waals surface area (Å²) in [6, 6.07) is 3.40. The van der Waals surface area contributed by atoms with Gasteiger partial charge in [0.15, 0.2) is 0 Å². The van der Waals surface area contributed by atoms with Crippen LogP contribution in [-0.4, -0.2) is 11.1 Å². The van der Waals surface area contributed by atoms with Crippen molar-refractivity contribution in [3.8, 4) is 0 Å². The van der Waals surface area contributed by atoms with Crippen molar-refractivity contribution in [2.45, 2.75) is 6.42 Å². The second-order valence-corrected chi connectivity index (χ2v) is 2.41. The van der Waals surface area contributed by atoms with Crippen LogP contribution < -0.4 is 0 Å². The van der Waals surface area contributed by atoms with Gasteiger partial charge in [0.25, 0.3) is 0 Å². The molecule has 1 aromatic heterocycles. The van der Waals surface area contributed by atoms with Crippen molar-refractivity contribution in [1.29, 1.82) is 0 Å². The van der Waals surface area contributed by atoms with Gasteiger partial charge in [0, 0.05) is 12.0 Å². The first-order valence-corrected chi connectivity index (χ1v) is 3.72. The fourth-order valence-electron chi connectivity index (χ4n) is 0.762. The van der Waals surface area contributed by atoms with Gasteiger partial charge in [-0.25, -0.2) is 4.79 Å². The van der Waals surface area contributed by atoms with Gasteiger partial charge in [-0.15, -0.1) is 0 Å². The standard InChI is InChI=1S/C8H7ClO3/c9-5-6(8(10)11)4-7-2-1-3-12-7/h1-3,5H,4H2,(H,10,11). The van der Waals surface area contributed by atoms with Crippen LogP contribution in [-0.2, 0) is 11.2 Å². The van der Waals surface area contributed by atoms with E-state index in [9.17, 15) is 4.79 Å². The molecule has 1 rings (SSSR count). The summed E-state index contributed by atoms with van der Waals surface area (Å²) in [6.07, 6.45) is 1.70. The molecule has 0 spiro atoms. The average Bonchev–Trinajstić information content (AvgIpc) is 2.51. The minimum absolute atomic E-state index is 0.117. The van der Waals surface area contributed by atoms with Crippen LogP contribution in [0.4, 0.5) is 0 Å². The van der Waals surface area contributed by atoms with Gasteiger partial charge in [0.1, 0.15) is 5.76 Å². The molecule has 0 fully saturated rings. The van der Waals surface area contributed by atoms with Crippen LogP contribution in [0.25, 0.3) is 0 Å². The van der Waals surface area contributed by atoms with Crippen LogP contribution in [0.2, 0.25) is 0 Å². The highest BCUT2D eigenvalue weighted by molar-refractivity contribution is 6.27. The predicted molar refractivity (Wildman–Crippen MR) is 44.0 cm³/mol.